The van der Waals surface area contributed by atoms with Gasteiger partial charge in [-0.2, -0.15) is 0 Å². The Balaban J connectivity index is 2.09. The molecule has 0 aliphatic heterocycles. The van der Waals surface area contributed by atoms with E-state index >= 15 is 0 Å². The topological polar surface area (TPSA) is 33.4 Å². The average Bonchev–Trinajstić information content (AvgIpc) is 3.02. The first-order valence-electron chi connectivity index (χ1n) is 9.23. The third-order valence-corrected chi connectivity index (χ3v) is 6.31. The van der Waals surface area contributed by atoms with Crippen LogP contribution >= 0.6 is 0 Å². The molecule has 0 unspecified atom stereocenters. The van der Waals surface area contributed by atoms with E-state index in [4.69, 9.17) is 4.42 Å². The lowest BCUT2D eigenvalue weighted by molar-refractivity contribution is -0.0357. The van der Waals surface area contributed by atoms with Gasteiger partial charge in [0.2, 0.25) is 0 Å². The summed E-state index contributed by atoms with van der Waals surface area (Å²) >= 11 is 0. The van der Waals surface area contributed by atoms with Gasteiger partial charge < -0.3 is 9.52 Å². The van der Waals surface area contributed by atoms with E-state index in [1.807, 2.05) is 6.26 Å². The summed E-state index contributed by atoms with van der Waals surface area (Å²) in [4.78, 5) is 0. The van der Waals surface area contributed by atoms with Crippen molar-refractivity contribution in [3.63, 3.8) is 0 Å². The highest BCUT2D eigenvalue weighted by Crippen LogP contribution is 2.52. The van der Waals surface area contributed by atoms with E-state index < -0.39 is 0 Å². The van der Waals surface area contributed by atoms with Crippen LogP contribution in [0.3, 0.4) is 0 Å². The lowest BCUT2D eigenvalue weighted by atomic mass is 9.55. The molecule has 0 aromatic carbocycles. The third kappa shape index (κ3) is 3.95. The number of aliphatic hydroxyl groups is 1. The first-order valence-corrected chi connectivity index (χ1v) is 9.23. The molecule has 1 fully saturated rings. The van der Waals surface area contributed by atoms with Crippen LogP contribution < -0.4 is 0 Å². The molecule has 1 aliphatic rings. The van der Waals surface area contributed by atoms with E-state index in [1.54, 1.807) is 6.26 Å². The first kappa shape index (κ1) is 17.6. The Morgan fingerprint density at radius 2 is 2.14 bits per heavy atom. The Hall–Kier alpha value is -0.760. The van der Waals surface area contributed by atoms with Crippen LogP contribution in [0, 0.1) is 23.2 Å². The van der Waals surface area contributed by atoms with Crippen molar-refractivity contribution in [2.45, 2.75) is 72.1 Å². The summed E-state index contributed by atoms with van der Waals surface area (Å²) in [5.41, 5.74) is 1.56. The summed E-state index contributed by atoms with van der Waals surface area (Å²) in [6, 6.07) is 2.08. The predicted molar refractivity (Wildman–Crippen MR) is 91.7 cm³/mol. The molecule has 0 spiro atoms. The van der Waals surface area contributed by atoms with Crippen LogP contribution in [0.5, 0.6) is 0 Å². The van der Waals surface area contributed by atoms with E-state index in [9.17, 15) is 5.11 Å². The highest BCUT2D eigenvalue weighted by Gasteiger charge is 2.45. The number of hydrogen-bond acceptors (Lipinski definition) is 2. The Morgan fingerprint density at radius 1 is 1.32 bits per heavy atom. The molecule has 0 radical (unpaired) electrons. The van der Waals surface area contributed by atoms with Crippen LogP contribution in [-0.4, -0.2) is 11.7 Å². The quantitative estimate of drug-likeness (QED) is 0.647. The molecule has 2 nitrogen and oxygen atoms in total. The smallest absolute Gasteiger partial charge is 0.0934 e. The molecule has 1 N–H and O–H groups in total. The fourth-order valence-corrected chi connectivity index (χ4v) is 4.71. The summed E-state index contributed by atoms with van der Waals surface area (Å²) in [6.07, 6.45) is 13.6. The minimum Gasteiger partial charge on any atom is -0.472 e. The van der Waals surface area contributed by atoms with E-state index in [0.29, 0.717) is 12.5 Å². The molecule has 0 bridgehead atoms. The van der Waals surface area contributed by atoms with Crippen LogP contribution in [0.4, 0.5) is 0 Å². The first-order chi connectivity index (χ1) is 10.6. The fraction of sp³-hybridized carbons (Fsp3) is 0.800. The minimum absolute atomic E-state index is 0.261. The standard InChI is InChI=1S/C20H34O2/c1-4-5-6-7-19-16(2)8-9-18(14-21)20(19,3)12-10-17-11-13-22-15-17/h11,13,15-16,18-19,21H,4-10,12,14H2,1-3H3/t16-,18-,19+,20-/m0/s1. The summed E-state index contributed by atoms with van der Waals surface area (Å²) in [7, 11) is 0. The largest absolute Gasteiger partial charge is 0.472 e. The average molecular weight is 306 g/mol. The molecule has 1 aliphatic carbocycles. The van der Waals surface area contributed by atoms with Crippen LogP contribution in [-0.2, 0) is 6.42 Å². The van der Waals surface area contributed by atoms with Crippen LogP contribution in [0.15, 0.2) is 23.0 Å². The van der Waals surface area contributed by atoms with Crippen molar-refractivity contribution in [3.8, 4) is 0 Å². The second-order valence-electron chi connectivity index (χ2n) is 7.67. The van der Waals surface area contributed by atoms with E-state index in [-0.39, 0.29) is 5.41 Å². The van der Waals surface area contributed by atoms with E-state index in [2.05, 4.69) is 26.8 Å². The van der Waals surface area contributed by atoms with Gasteiger partial charge in [0.1, 0.15) is 0 Å². The van der Waals surface area contributed by atoms with Gasteiger partial charge in [0, 0.05) is 6.61 Å². The maximum Gasteiger partial charge on any atom is 0.0934 e. The molecule has 126 valence electrons. The van der Waals surface area contributed by atoms with Crippen molar-refractivity contribution in [3.05, 3.63) is 24.2 Å². The lowest BCUT2D eigenvalue weighted by Gasteiger charge is -2.51. The van der Waals surface area contributed by atoms with Gasteiger partial charge in [-0.3, -0.25) is 0 Å². The van der Waals surface area contributed by atoms with Crippen molar-refractivity contribution in [2.75, 3.05) is 6.61 Å². The Morgan fingerprint density at radius 3 is 2.77 bits per heavy atom. The molecular formula is C20H34O2. The lowest BCUT2D eigenvalue weighted by Crippen LogP contribution is -2.44. The zero-order chi connectivity index (χ0) is 16.0. The molecule has 22 heavy (non-hydrogen) atoms. The van der Waals surface area contributed by atoms with Crippen molar-refractivity contribution in [1.82, 2.24) is 0 Å². The second-order valence-corrected chi connectivity index (χ2v) is 7.67. The second kappa shape index (κ2) is 8.19. The summed E-state index contributed by atoms with van der Waals surface area (Å²) in [5, 5.41) is 9.94. The summed E-state index contributed by atoms with van der Waals surface area (Å²) < 4.78 is 5.22. The van der Waals surface area contributed by atoms with Crippen molar-refractivity contribution in [2.24, 2.45) is 23.2 Å². The molecule has 1 heterocycles. The molecule has 0 saturated heterocycles. The number of unbranched alkanes of at least 4 members (excludes halogenated alkanes) is 2. The predicted octanol–water partition coefficient (Wildman–Crippen LogP) is 5.45. The van der Waals surface area contributed by atoms with Gasteiger partial charge in [0.15, 0.2) is 0 Å². The number of aliphatic hydroxyl groups excluding tert-OH is 1. The molecule has 2 heteroatoms. The molecule has 2 rings (SSSR count). The number of rotatable bonds is 8. The minimum atomic E-state index is 0.261. The maximum atomic E-state index is 9.94. The van der Waals surface area contributed by atoms with Crippen molar-refractivity contribution in [1.29, 1.82) is 0 Å². The molecule has 4 atom stereocenters. The van der Waals surface area contributed by atoms with Gasteiger partial charge in [-0.15, -0.1) is 0 Å². The van der Waals surface area contributed by atoms with E-state index in [1.165, 1.54) is 50.5 Å². The van der Waals surface area contributed by atoms with Crippen LogP contribution in [0.25, 0.3) is 0 Å². The normalized spacial score (nSPS) is 32.3. The van der Waals surface area contributed by atoms with Gasteiger partial charge >= 0.3 is 0 Å². The molecule has 0 amide bonds. The highest BCUT2D eigenvalue weighted by molar-refractivity contribution is 5.07. The van der Waals surface area contributed by atoms with Gasteiger partial charge in [-0.25, -0.2) is 0 Å². The molecule has 1 aromatic rings. The molecule has 1 saturated carbocycles. The van der Waals surface area contributed by atoms with E-state index in [0.717, 1.165) is 18.3 Å². The zero-order valence-electron chi connectivity index (χ0n) is 14.7. The highest BCUT2D eigenvalue weighted by atomic mass is 16.3. The number of hydrogen-bond donors (Lipinski definition) is 1. The fourth-order valence-electron chi connectivity index (χ4n) is 4.71. The van der Waals surface area contributed by atoms with Crippen LogP contribution in [0.2, 0.25) is 0 Å². The maximum absolute atomic E-state index is 9.94. The van der Waals surface area contributed by atoms with Gasteiger partial charge in [0.25, 0.3) is 0 Å². The SMILES string of the molecule is CCCCC[C@@H]1[C@@H](C)CC[C@@H](CO)[C@]1(C)CCc1ccoc1. The number of aryl methyl sites for hydroxylation is 1. The summed E-state index contributed by atoms with van der Waals surface area (Å²) in [5.74, 6) is 1.99. The van der Waals surface area contributed by atoms with Crippen molar-refractivity contribution >= 4 is 0 Å². The summed E-state index contributed by atoms with van der Waals surface area (Å²) in [6.45, 7) is 7.50. The molecule has 1 aromatic heterocycles. The monoisotopic (exact) mass is 306 g/mol. The van der Waals surface area contributed by atoms with Gasteiger partial charge in [-0.05, 0) is 60.5 Å². The Labute approximate surface area is 136 Å². The zero-order valence-corrected chi connectivity index (χ0v) is 14.7. The van der Waals surface area contributed by atoms with Crippen LogP contribution in [0.1, 0.15) is 71.3 Å². The Kier molecular flexibility index (Phi) is 6.55. The third-order valence-electron chi connectivity index (χ3n) is 6.31. The Bertz CT molecular complexity index is 411. The molecular weight excluding hydrogens is 272 g/mol. The van der Waals surface area contributed by atoms with Crippen molar-refractivity contribution < 1.29 is 9.52 Å². The van der Waals surface area contributed by atoms with Gasteiger partial charge in [0.05, 0.1) is 12.5 Å². The number of furan rings is 1. The van der Waals surface area contributed by atoms with Gasteiger partial charge in [-0.1, -0.05) is 46.5 Å².